The zero-order valence-electron chi connectivity index (χ0n) is 11.4. The molecule has 0 radical (unpaired) electrons. The van der Waals surface area contributed by atoms with Gasteiger partial charge in [0.1, 0.15) is 0 Å². The first kappa shape index (κ1) is 15.2. The fourth-order valence-electron chi connectivity index (χ4n) is 1.99. The lowest BCUT2D eigenvalue weighted by molar-refractivity contribution is -0.152. The molecule has 0 saturated carbocycles. The molecule has 6 heteroatoms. The summed E-state index contributed by atoms with van der Waals surface area (Å²) in [5.41, 5.74) is -0.945. The molecule has 106 valence electrons. The van der Waals surface area contributed by atoms with Crippen molar-refractivity contribution in [2.75, 3.05) is 6.54 Å². The Balaban J connectivity index is 2.43. The van der Waals surface area contributed by atoms with Crippen molar-refractivity contribution in [3.05, 3.63) is 18.7 Å². The molecule has 0 aliphatic rings. The lowest BCUT2D eigenvalue weighted by Crippen LogP contribution is -2.37. The molecule has 1 rings (SSSR count). The van der Waals surface area contributed by atoms with Crippen LogP contribution in [0.5, 0.6) is 0 Å². The molecule has 19 heavy (non-hydrogen) atoms. The van der Waals surface area contributed by atoms with E-state index in [0.29, 0.717) is 25.9 Å². The van der Waals surface area contributed by atoms with Crippen LogP contribution >= 0.6 is 0 Å². The number of nitrogens with zero attached hydrogens (tertiary/aromatic N) is 2. The molecule has 0 atom stereocenters. The standard InChI is InChI=1S/C13H21N3O3/c1-3-13(4-2,12(18)19)9-11(17)15-6-8-16-7-5-14-10-16/h5,7,10H,3-4,6,8-9H2,1-2H3,(H,15,17)(H,18,19). The van der Waals surface area contributed by atoms with E-state index in [9.17, 15) is 14.7 Å². The summed E-state index contributed by atoms with van der Waals surface area (Å²) >= 11 is 0. The maximum atomic E-state index is 11.8. The number of aromatic nitrogens is 2. The maximum Gasteiger partial charge on any atom is 0.310 e. The van der Waals surface area contributed by atoms with Crippen molar-refractivity contribution in [2.24, 2.45) is 5.41 Å². The van der Waals surface area contributed by atoms with E-state index in [4.69, 9.17) is 0 Å². The van der Waals surface area contributed by atoms with Gasteiger partial charge in [-0.2, -0.15) is 0 Å². The number of aliphatic carboxylic acids is 1. The Hall–Kier alpha value is -1.85. The summed E-state index contributed by atoms with van der Waals surface area (Å²) in [5, 5.41) is 12.0. The van der Waals surface area contributed by atoms with Gasteiger partial charge >= 0.3 is 5.97 Å². The first-order valence-corrected chi connectivity index (χ1v) is 6.50. The van der Waals surface area contributed by atoms with Gasteiger partial charge in [-0.25, -0.2) is 4.98 Å². The molecule has 0 saturated heterocycles. The van der Waals surface area contributed by atoms with Crippen LogP contribution < -0.4 is 5.32 Å². The van der Waals surface area contributed by atoms with Gasteiger partial charge < -0.3 is 15.0 Å². The molecule has 0 aliphatic carbocycles. The molecular weight excluding hydrogens is 246 g/mol. The highest BCUT2D eigenvalue weighted by molar-refractivity contribution is 5.84. The van der Waals surface area contributed by atoms with Gasteiger partial charge in [-0.1, -0.05) is 13.8 Å². The van der Waals surface area contributed by atoms with Crippen molar-refractivity contribution < 1.29 is 14.7 Å². The van der Waals surface area contributed by atoms with Crippen LogP contribution in [0, 0.1) is 5.41 Å². The Labute approximate surface area is 112 Å². The van der Waals surface area contributed by atoms with E-state index >= 15 is 0 Å². The molecule has 1 aromatic heterocycles. The van der Waals surface area contributed by atoms with E-state index in [1.54, 1.807) is 26.4 Å². The van der Waals surface area contributed by atoms with Gasteiger partial charge in [0.25, 0.3) is 0 Å². The van der Waals surface area contributed by atoms with Crippen molar-refractivity contribution in [3.8, 4) is 0 Å². The largest absolute Gasteiger partial charge is 0.481 e. The smallest absolute Gasteiger partial charge is 0.310 e. The summed E-state index contributed by atoms with van der Waals surface area (Å²) in [6.45, 7) is 4.70. The van der Waals surface area contributed by atoms with Crippen molar-refractivity contribution in [1.82, 2.24) is 14.9 Å². The van der Waals surface area contributed by atoms with Gasteiger partial charge in [-0.05, 0) is 12.8 Å². The summed E-state index contributed by atoms with van der Waals surface area (Å²) in [4.78, 5) is 27.0. The Morgan fingerprint density at radius 1 is 1.37 bits per heavy atom. The van der Waals surface area contributed by atoms with Crippen molar-refractivity contribution in [3.63, 3.8) is 0 Å². The highest BCUT2D eigenvalue weighted by Gasteiger charge is 2.36. The highest BCUT2D eigenvalue weighted by Crippen LogP contribution is 2.30. The fraction of sp³-hybridized carbons (Fsp3) is 0.615. The summed E-state index contributed by atoms with van der Waals surface area (Å²) in [5.74, 6) is -1.12. The first-order chi connectivity index (χ1) is 9.04. The summed E-state index contributed by atoms with van der Waals surface area (Å²) in [6, 6.07) is 0. The molecule has 0 unspecified atom stereocenters. The van der Waals surface area contributed by atoms with Crippen molar-refractivity contribution in [1.29, 1.82) is 0 Å². The summed E-state index contributed by atoms with van der Waals surface area (Å²) in [7, 11) is 0. The van der Waals surface area contributed by atoms with Gasteiger partial charge in [0.2, 0.25) is 5.91 Å². The molecule has 1 amide bonds. The molecule has 0 fully saturated rings. The molecular formula is C13H21N3O3. The highest BCUT2D eigenvalue weighted by atomic mass is 16.4. The van der Waals surface area contributed by atoms with E-state index in [1.807, 2.05) is 10.8 Å². The number of imidazole rings is 1. The van der Waals surface area contributed by atoms with E-state index < -0.39 is 11.4 Å². The quantitative estimate of drug-likeness (QED) is 0.743. The predicted octanol–water partition coefficient (Wildman–Crippen LogP) is 1.28. The minimum atomic E-state index is -0.945. The zero-order valence-corrected chi connectivity index (χ0v) is 11.4. The van der Waals surface area contributed by atoms with Crippen LogP contribution in [0.2, 0.25) is 0 Å². The summed E-state index contributed by atoms with van der Waals surface area (Å²) in [6.07, 6.45) is 6.09. The maximum absolute atomic E-state index is 11.8. The molecule has 2 N–H and O–H groups in total. The van der Waals surface area contributed by atoms with Crippen LogP contribution in [0.25, 0.3) is 0 Å². The topological polar surface area (TPSA) is 84.2 Å². The molecule has 1 heterocycles. The fourth-order valence-corrected chi connectivity index (χ4v) is 1.99. The van der Waals surface area contributed by atoms with Gasteiger partial charge in [-0.3, -0.25) is 9.59 Å². The average molecular weight is 267 g/mol. The van der Waals surface area contributed by atoms with Crippen LogP contribution in [0.4, 0.5) is 0 Å². The third kappa shape index (κ3) is 4.08. The number of hydrogen-bond donors (Lipinski definition) is 2. The molecule has 1 aromatic rings. The molecule has 0 bridgehead atoms. The zero-order chi connectivity index (χ0) is 14.3. The van der Waals surface area contributed by atoms with E-state index in [0.717, 1.165) is 0 Å². The van der Waals surface area contributed by atoms with Gasteiger partial charge in [-0.15, -0.1) is 0 Å². The number of carbonyl (C=O) groups is 2. The molecule has 0 aliphatic heterocycles. The lowest BCUT2D eigenvalue weighted by Gasteiger charge is -2.25. The van der Waals surface area contributed by atoms with Crippen LogP contribution in [-0.4, -0.2) is 33.1 Å². The summed E-state index contributed by atoms with van der Waals surface area (Å²) < 4.78 is 1.85. The second kappa shape index (κ2) is 6.92. The third-order valence-corrected chi connectivity index (χ3v) is 3.56. The molecule has 0 aromatic carbocycles. The number of carboxylic acid groups (broad SMARTS) is 1. The Bertz CT molecular complexity index is 411. The van der Waals surface area contributed by atoms with Crippen LogP contribution in [-0.2, 0) is 16.1 Å². The Morgan fingerprint density at radius 2 is 2.05 bits per heavy atom. The minimum Gasteiger partial charge on any atom is -0.481 e. The second-order valence-electron chi connectivity index (χ2n) is 4.62. The van der Waals surface area contributed by atoms with E-state index in [-0.39, 0.29) is 12.3 Å². The first-order valence-electron chi connectivity index (χ1n) is 6.50. The van der Waals surface area contributed by atoms with Crippen LogP contribution in [0.15, 0.2) is 18.7 Å². The van der Waals surface area contributed by atoms with Gasteiger partial charge in [0, 0.05) is 31.9 Å². The van der Waals surface area contributed by atoms with E-state index in [1.165, 1.54) is 0 Å². The minimum absolute atomic E-state index is 0.0270. The number of nitrogens with one attached hydrogen (secondary N) is 1. The molecule has 6 nitrogen and oxygen atoms in total. The normalized spacial score (nSPS) is 11.3. The number of amides is 1. The van der Waals surface area contributed by atoms with Gasteiger partial charge in [0.05, 0.1) is 11.7 Å². The van der Waals surface area contributed by atoms with E-state index in [2.05, 4.69) is 10.3 Å². The Kier molecular flexibility index (Phi) is 5.54. The second-order valence-corrected chi connectivity index (χ2v) is 4.62. The third-order valence-electron chi connectivity index (χ3n) is 3.56. The predicted molar refractivity (Wildman–Crippen MR) is 70.5 cm³/mol. The molecule has 0 spiro atoms. The average Bonchev–Trinajstić information content (AvgIpc) is 2.89. The SMILES string of the molecule is CCC(CC)(CC(=O)NCCn1ccnc1)C(=O)O. The Morgan fingerprint density at radius 3 is 2.53 bits per heavy atom. The van der Waals surface area contributed by atoms with Gasteiger partial charge in [0.15, 0.2) is 0 Å². The number of hydrogen-bond acceptors (Lipinski definition) is 3. The van der Waals surface area contributed by atoms with Crippen molar-refractivity contribution in [2.45, 2.75) is 39.7 Å². The number of carbonyl (C=O) groups excluding carboxylic acids is 1. The lowest BCUT2D eigenvalue weighted by atomic mass is 9.79. The number of carboxylic acids is 1. The van der Waals surface area contributed by atoms with Crippen LogP contribution in [0.1, 0.15) is 33.1 Å². The monoisotopic (exact) mass is 267 g/mol. The van der Waals surface area contributed by atoms with Crippen molar-refractivity contribution >= 4 is 11.9 Å². The number of rotatable bonds is 8. The van der Waals surface area contributed by atoms with Crippen LogP contribution in [0.3, 0.4) is 0 Å².